The van der Waals surface area contributed by atoms with Crippen molar-refractivity contribution in [1.82, 2.24) is 10.2 Å². The molecular formula is C16H24ClN3O2. The third-order valence-corrected chi connectivity index (χ3v) is 3.81. The normalized spacial score (nSPS) is 19.0. The van der Waals surface area contributed by atoms with Crippen molar-refractivity contribution in [1.29, 1.82) is 0 Å². The van der Waals surface area contributed by atoms with E-state index in [1.54, 1.807) is 19.1 Å². The molecular weight excluding hydrogens is 302 g/mol. The summed E-state index contributed by atoms with van der Waals surface area (Å²) in [6, 6.07) is 8.71. The quantitative estimate of drug-likeness (QED) is 0.879. The molecule has 1 aliphatic heterocycles. The average Bonchev–Trinajstić information content (AvgIpc) is 2.53. The van der Waals surface area contributed by atoms with Crippen LogP contribution in [-0.2, 0) is 4.79 Å². The summed E-state index contributed by atoms with van der Waals surface area (Å²) >= 11 is 0. The van der Waals surface area contributed by atoms with Gasteiger partial charge in [0.05, 0.1) is 6.04 Å². The SMILES string of the molecule is C[C@H](N)C(=O)N1CCCC(CNC(=O)c2ccccc2)C1.Cl. The molecule has 0 spiro atoms. The Kier molecular flexibility index (Phi) is 7.35. The van der Waals surface area contributed by atoms with Crippen molar-refractivity contribution in [3.05, 3.63) is 35.9 Å². The van der Waals surface area contributed by atoms with Crippen LogP contribution in [0.5, 0.6) is 0 Å². The van der Waals surface area contributed by atoms with E-state index in [2.05, 4.69) is 5.32 Å². The molecule has 0 saturated carbocycles. The second-order valence-corrected chi connectivity index (χ2v) is 5.66. The van der Waals surface area contributed by atoms with Crippen LogP contribution in [0.25, 0.3) is 0 Å². The molecule has 0 aromatic heterocycles. The largest absolute Gasteiger partial charge is 0.352 e. The number of carbonyl (C=O) groups is 2. The van der Waals surface area contributed by atoms with Crippen molar-refractivity contribution >= 4 is 24.2 Å². The molecule has 0 bridgehead atoms. The van der Waals surface area contributed by atoms with E-state index < -0.39 is 6.04 Å². The van der Waals surface area contributed by atoms with Crippen molar-refractivity contribution < 1.29 is 9.59 Å². The number of nitrogens with two attached hydrogens (primary N) is 1. The molecule has 1 aromatic carbocycles. The first-order valence-electron chi connectivity index (χ1n) is 7.45. The topological polar surface area (TPSA) is 75.4 Å². The van der Waals surface area contributed by atoms with Crippen molar-refractivity contribution in [3.63, 3.8) is 0 Å². The van der Waals surface area contributed by atoms with Crippen molar-refractivity contribution in [2.75, 3.05) is 19.6 Å². The lowest BCUT2D eigenvalue weighted by Gasteiger charge is -2.33. The van der Waals surface area contributed by atoms with Gasteiger partial charge in [0, 0.05) is 25.2 Å². The summed E-state index contributed by atoms with van der Waals surface area (Å²) < 4.78 is 0. The van der Waals surface area contributed by atoms with Crippen LogP contribution in [0.4, 0.5) is 0 Å². The third kappa shape index (κ3) is 5.00. The molecule has 1 fully saturated rings. The van der Waals surface area contributed by atoms with Gasteiger partial charge in [-0.15, -0.1) is 12.4 Å². The van der Waals surface area contributed by atoms with E-state index in [0.717, 1.165) is 19.4 Å². The zero-order valence-corrected chi connectivity index (χ0v) is 13.6. The Morgan fingerprint density at radius 1 is 1.36 bits per heavy atom. The summed E-state index contributed by atoms with van der Waals surface area (Å²) in [5.41, 5.74) is 6.31. The van der Waals surface area contributed by atoms with Gasteiger partial charge < -0.3 is 16.0 Å². The predicted molar refractivity (Wildman–Crippen MR) is 89.0 cm³/mol. The number of hydrogen-bond acceptors (Lipinski definition) is 3. The maximum Gasteiger partial charge on any atom is 0.251 e. The second kappa shape index (κ2) is 8.76. The molecule has 0 aliphatic carbocycles. The van der Waals surface area contributed by atoms with E-state index in [1.165, 1.54) is 0 Å². The van der Waals surface area contributed by atoms with Gasteiger partial charge in [-0.2, -0.15) is 0 Å². The molecule has 0 radical (unpaired) electrons. The van der Waals surface area contributed by atoms with Crippen LogP contribution in [0.15, 0.2) is 30.3 Å². The molecule has 2 amide bonds. The lowest BCUT2D eigenvalue weighted by Crippen LogP contribution is -2.48. The summed E-state index contributed by atoms with van der Waals surface area (Å²) in [6.07, 6.45) is 1.99. The van der Waals surface area contributed by atoms with E-state index in [1.807, 2.05) is 23.1 Å². The van der Waals surface area contributed by atoms with Gasteiger partial charge in [-0.1, -0.05) is 18.2 Å². The minimum atomic E-state index is -0.456. The predicted octanol–water partition coefficient (Wildman–Crippen LogP) is 1.42. The summed E-state index contributed by atoms with van der Waals surface area (Å²) in [6.45, 7) is 3.75. The van der Waals surface area contributed by atoms with Crippen LogP contribution in [0.1, 0.15) is 30.1 Å². The Hall–Kier alpha value is -1.59. The maximum absolute atomic E-state index is 12.0. The lowest BCUT2D eigenvalue weighted by molar-refractivity contribution is -0.133. The molecule has 2 atom stereocenters. The van der Waals surface area contributed by atoms with Crippen molar-refractivity contribution in [2.45, 2.75) is 25.8 Å². The number of amides is 2. The average molecular weight is 326 g/mol. The van der Waals surface area contributed by atoms with Gasteiger partial charge in [-0.25, -0.2) is 0 Å². The number of piperidine rings is 1. The molecule has 6 heteroatoms. The molecule has 1 aromatic rings. The fourth-order valence-electron chi connectivity index (χ4n) is 2.65. The zero-order chi connectivity index (χ0) is 15.2. The Morgan fingerprint density at radius 2 is 2.05 bits per heavy atom. The van der Waals surface area contributed by atoms with E-state index in [4.69, 9.17) is 5.73 Å². The second-order valence-electron chi connectivity index (χ2n) is 5.66. The molecule has 5 nitrogen and oxygen atoms in total. The molecule has 1 unspecified atom stereocenters. The number of rotatable bonds is 4. The summed E-state index contributed by atoms with van der Waals surface area (Å²) in [4.78, 5) is 25.7. The highest BCUT2D eigenvalue weighted by Gasteiger charge is 2.25. The van der Waals surface area contributed by atoms with Crippen LogP contribution in [0, 0.1) is 5.92 Å². The summed E-state index contributed by atoms with van der Waals surface area (Å²) in [5.74, 6) is 0.231. The van der Waals surface area contributed by atoms with E-state index in [-0.39, 0.29) is 24.2 Å². The highest BCUT2D eigenvalue weighted by atomic mass is 35.5. The van der Waals surface area contributed by atoms with Crippen molar-refractivity contribution in [3.8, 4) is 0 Å². The van der Waals surface area contributed by atoms with Crippen LogP contribution in [0.3, 0.4) is 0 Å². The number of benzene rings is 1. The number of likely N-dealkylation sites (tertiary alicyclic amines) is 1. The van der Waals surface area contributed by atoms with Crippen LogP contribution >= 0.6 is 12.4 Å². The minimum absolute atomic E-state index is 0. The first-order valence-corrected chi connectivity index (χ1v) is 7.45. The maximum atomic E-state index is 12.0. The standard InChI is InChI=1S/C16H23N3O2.ClH/c1-12(17)16(21)19-9-5-6-13(11-19)10-18-15(20)14-7-3-2-4-8-14;/h2-4,7-8,12-13H,5-6,9-11,17H2,1H3,(H,18,20);1H/t12-,13?;/m0./s1. The van der Waals surface area contributed by atoms with Crippen molar-refractivity contribution in [2.24, 2.45) is 11.7 Å². The Labute approximate surface area is 137 Å². The fourth-order valence-corrected chi connectivity index (χ4v) is 2.65. The van der Waals surface area contributed by atoms with E-state index in [9.17, 15) is 9.59 Å². The number of carbonyl (C=O) groups excluding carboxylic acids is 2. The van der Waals surface area contributed by atoms with Gasteiger partial charge in [0.2, 0.25) is 5.91 Å². The van der Waals surface area contributed by atoms with E-state index in [0.29, 0.717) is 24.6 Å². The number of nitrogens with one attached hydrogen (secondary N) is 1. The number of halogens is 1. The van der Waals surface area contributed by atoms with Crippen LogP contribution in [0.2, 0.25) is 0 Å². The monoisotopic (exact) mass is 325 g/mol. The third-order valence-electron chi connectivity index (χ3n) is 3.81. The zero-order valence-electron chi connectivity index (χ0n) is 12.8. The van der Waals surface area contributed by atoms with Gasteiger partial charge in [0.15, 0.2) is 0 Å². The molecule has 22 heavy (non-hydrogen) atoms. The molecule has 122 valence electrons. The highest BCUT2D eigenvalue weighted by molar-refractivity contribution is 5.94. The highest BCUT2D eigenvalue weighted by Crippen LogP contribution is 2.16. The number of nitrogens with zero attached hydrogens (tertiary/aromatic N) is 1. The van der Waals surface area contributed by atoms with Crippen LogP contribution < -0.4 is 11.1 Å². The molecule has 3 N–H and O–H groups in total. The first kappa shape index (κ1) is 18.5. The molecule has 1 saturated heterocycles. The first-order chi connectivity index (χ1) is 10.1. The van der Waals surface area contributed by atoms with Gasteiger partial charge >= 0.3 is 0 Å². The molecule has 1 heterocycles. The van der Waals surface area contributed by atoms with E-state index >= 15 is 0 Å². The molecule has 2 rings (SSSR count). The van der Waals surface area contributed by atoms with Gasteiger partial charge in [0.1, 0.15) is 0 Å². The Balaban J connectivity index is 0.00000242. The minimum Gasteiger partial charge on any atom is -0.352 e. The summed E-state index contributed by atoms with van der Waals surface area (Å²) in [7, 11) is 0. The van der Waals surface area contributed by atoms with Crippen LogP contribution in [-0.4, -0.2) is 42.4 Å². The smallest absolute Gasteiger partial charge is 0.251 e. The number of hydrogen-bond donors (Lipinski definition) is 2. The fraction of sp³-hybridized carbons (Fsp3) is 0.500. The Bertz CT molecular complexity index is 493. The van der Waals surface area contributed by atoms with Gasteiger partial charge in [-0.05, 0) is 37.8 Å². The summed E-state index contributed by atoms with van der Waals surface area (Å²) in [5, 5.41) is 2.95. The van der Waals surface area contributed by atoms with Gasteiger partial charge in [-0.3, -0.25) is 9.59 Å². The van der Waals surface area contributed by atoms with Gasteiger partial charge in [0.25, 0.3) is 5.91 Å². The molecule has 1 aliphatic rings. The Morgan fingerprint density at radius 3 is 2.68 bits per heavy atom. The lowest BCUT2D eigenvalue weighted by atomic mass is 9.97.